The predicted molar refractivity (Wildman–Crippen MR) is 63.5 cm³/mol. The van der Waals surface area contributed by atoms with Crippen molar-refractivity contribution >= 4 is 17.4 Å². The van der Waals surface area contributed by atoms with Crippen molar-refractivity contribution in [2.75, 3.05) is 17.2 Å². The summed E-state index contributed by atoms with van der Waals surface area (Å²) in [6.07, 6.45) is 7.56. The summed E-state index contributed by atoms with van der Waals surface area (Å²) in [6.45, 7) is 3.20. The maximum atomic E-state index is 5.56. The topological polar surface area (TPSA) is 43.8 Å². The average molecular weight is 213 g/mol. The zero-order valence-electron chi connectivity index (χ0n) is 8.78. The molecule has 0 aliphatic rings. The smallest absolute Gasteiger partial charge is 0.0719 e. The maximum Gasteiger partial charge on any atom is 0.0719 e. The normalized spacial score (nSPS) is 10.6. The standard InChI is InChI=1S/C10H19N3S/c1-2-3-4-6-14-7-5-13-9-10(11)8-12-13/h8-9H,2-7,11H2,1H3. The van der Waals surface area contributed by atoms with Gasteiger partial charge in [-0.05, 0) is 12.2 Å². The first-order chi connectivity index (χ1) is 6.83. The highest BCUT2D eigenvalue weighted by atomic mass is 32.2. The second-order valence-corrected chi connectivity index (χ2v) is 4.58. The molecule has 2 N–H and O–H groups in total. The van der Waals surface area contributed by atoms with E-state index in [2.05, 4.69) is 12.0 Å². The molecule has 80 valence electrons. The van der Waals surface area contributed by atoms with Crippen LogP contribution in [0.15, 0.2) is 12.4 Å². The molecule has 1 heterocycles. The Morgan fingerprint density at radius 2 is 2.29 bits per heavy atom. The molecule has 1 aromatic rings. The number of hydrogen-bond donors (Lipinski definition) is 1. The second kappa shape index (κ2) is 6.76. The number of rotatable bonds is 7. The van der Waals surface area contributed by atoms with Crippen LogP contribution < -0.4 is 5.73 Å². The lowest BCUT2D eigenvalue weighted by Crippen LogP contribution is -2.01. The maximum absolute atomic E-state index is 5.56. The largest absolute Gasteiger partial charge is 0.396 e. The van der Waals surface area contributed by atoms with Gasteiger partial charge in [0.1, 0.15) is 0 Å². The summed E-state index contributed by atoms with van der Waals surface area (Å²) in [4.78, 5) is 0. The molecule has 14 heavy (non-hydrogen) atoms. The van der Waals surface area contributed by atoms with Gasteiger partial charge in [-0.2, -0.15) is 16.9 Å². The fourth-order valence-electron chi connectivity index (χ4n) is 1.22. The molecule has 1 aromatic heterocycles. The van der Waals surface area contributed by atoms with E-state index in [4.69, 9.17) is 5.73 Å². The molecular formula is C10H19N3S. The third kappa shape index (κ3) is 4.56. The molecule has 0 bridgehead atoms. The molecule has 0 saturated carbocycles. The summed E-state index contributed by atoms with van der Waals surface area (Å²) < 4.78 is 1.90. The number of aryl methyl sites for hydroxylation is 1. The number of unbranched alkanes of at least 4 members (excludes halogenated alkanes) is 2. The first kappa shape index (κ1) is 11.4. The number of nitrogens with zero attached hydrogens (tertiary/aromatic N) is 2. The van der Waals surface area contributed by atoms with Crippen molar-refractivity contribution in [3.8, 4) is 0 Å². The first-order valence-electron chi connectivity index (χ1n) is 5.18. The molecule has 0 unspecified atom stereocenters. The number of aromatic nitrogens is 2. The first-order valence-corrected chi connectivity index (χ1v) is 6.34. The Kier molecular flexibility index (Phi) is 5.52. The molecule has 0 atom stereocenters. The van der Waals surface area contributed by atoms with E-state index in [-0.39, 0.29) is 0 Å². The van der Waals surface area contributed by atoms with Crippen molar-refractivity contribution in [1.29, 1.82) is 0 Å². The van der Waals surface area contributed by atoms with Crippen LogP contribution in [-0.2, 0) is 6.54 Å². The highest BCUT2D eigenvalue weighted by Gasteiger charge is 1.94. The van der Waals surface area contributed by atoms with E-state index in [1.54, 1.807) is 6.20 Å². The van der Waals surface area contributed by atoms with Crippen LogP contribution in [-0.4, -0.2) is 21.3 Å². The van der Waals surface area contributed by atoms with Crippen molar-refractivity contribution in [1.82, 2.24) is 9.78 Å². The molecular weight excluding hydrogens is 194 g/mol. The summed E-state index contributed by atoms with van der Waals surface area (Å²) >= 11 is 2.00. The van der Waals surface area contributed by atoms with E-state index < -0.39 is 0 Å². The van der Waals surface area contributed by atoms with E-state index in [1.807, 2.05) is 22.6 Å². The van der Waals surface area contributed by atoms with Gasteiger partial charge in [0.25, 0.3) is 0 Å². The van der Waals surface area contributed by atoms with Crippen LogP contribution in [0.4, 0.5) is 5.69 Å². The molecule has 0 fully saturated rings. The van der Waals surface area contributed by atoms with Gasteiger partial charge in [0.2, 0.25) is 0 Å². The van der Waals surface area contributed by atoms with E-state index in [9.17, 15) is 0 Å². The zero-order chi connectivity index (χ0) is 10.2. The Morgan fingerprint density at radius 3 is 2.93 bits per heavy atom. The van der Waals surface area contributed by atoms with Gasteiger partial charge in [0.15, 0.2) is 0 Å². The third-order valence-electron chi connectivity index (χ3n) is 2.01. The van der Waals surface area contributed by atoms with Crippen LogP contribution in [0.3, 0.4) is 0 Å². The zero-order valence-corrected chi connectivity index (χ0v) is 9.59. The SMILES string of the molecule is CCCCCSCCn1cc(N)cn1. The summed E-state index contributed by atoms with van der Waals surface area (Å²) in [5, 5.41) is 4.13. The Bertz CT molecular complexity index is 247. The fraction of sp³-hybridized carbons (Fsp3) is 0.700. The minimum absolute atomic E-state index is 0.751. The van der Waals surface area contributed by atoms with E-state index in [1.165, 1.54) is 25.0 Å². The average Bonchev–Trinajstić information content (AvgIpc) is 2.58. The van der Waals surface area contributed by atoms with Crippen LogP contribution in [0, 0.1) is 0 Å². The quantitative estimate of drug-likeness (QED) is 0.707. The van der Waals surface area contributed by atoms with Crippen molar-refractivity contribution in [3.63, 3.8) is 0 Å². The van der Waals surface area contributed by atoms with Gasteiger partial charge in [-0.15, -0.1) is 0 Å². The Hall–Kier alpha value is -0.640. The van der Waals surface area contributed by atoms with E-state index >= 15 is 0 Å². The van der Waals surface area contributed by atoms with Crippen LogP contribution in [0.25, 0.3) is 0 Å². The Balaban J connectivity index is 1.99. The van der Waals surface area contributed by atoms with Gasteiger partial charge >= 0.3 is 0 Å². The lowest BCUT2D eigenvalue weighted by molar-refractivity contribution is 0.666. The van der Waals surface area contributed by atoms with Crippen molar-refractivity contribution in [2.45, 2.75) is 32.7 Å². The number of nitrogen functional groups attached to an aromatic ring is 1. The number of nitrogens with two attached hydrogens (primary N) is 1. The van der Waals surface area contributed by atoms with Crippen molar-refractivity contribution in [3.05, 3.63) is 12.4 Å². The van der Waals surface area contributed by atoms with Gasteiger partial charge in [-0.3, -0.25) is 4.68 Å². The number of hydrogen-bond acceptors (Lipinski definition) is 3. The molecule has 4 heteroatoms. The molecule has 0 aliphatic heterocycles. The Morgan fingerprint density at radius 1 is 1.43 bits per heavy atom. The van der Waals surface area contributed by atoms with Crippen LogP contribution >= 0.6 is 11.8 Å². The van der Waals surface area contributed by atoms with E-state index in [0.29, 0.717) is 0 Å². The summed E-state index contributed by atoms with van der Waals surface area (Å²) in [6, 6.07) is 0. The molecule has 0 aromatic carbocycles. The van der Waals surface area contributed by atoms with Gasteiger partial charge in [0.05, 0.1) is 18.4 Å². The number of thioether (sulfide) groups is 1. The van der Waals surface area contributed by atoms with Crippen LogP contribution in [0.1, 0.15) is 26.2 Å². The molecule has 1 rings (SSSR count). The predicted octanol–water partition coefficient (Wildman–Crippen LogP) is 2.39. The van der Waals surface area contributed by atoms with Crippen molar-refractivity contribution in [2.24, 2.45) is 0 Å². The Labute approximate surface area is 90.1 Å². The monoisotopic (exact) mass is 213 g/mol. The lowest BCUT2D eigenvalue weighted by Gasteiger charge is -2.01. The fourth-order valence-corrected chi connectivity index (χ4v) is 2.14. The van der Waals surface area contributed by atoms with Crippen LogP contribution in [0.2, 0.25) is 0 Å². The second-order valence-electron chi connectivity index (χ2n) is 3.36. The molecule has 3 nitrogen and oxygen atoms in total. The minimum Gasteiger partial charge on any atom is -0.396 e. The summed E-state index contributed by atoms with van der Waals surface area (Å²) in [5.41, 5.74) is 6.31. The lowest BCUT2D eigenvalue weighted by atomic mass is 10.3. The number of anilines is 1. The molecule has 0 aliphatic carbocycles. The van der Waals surface area contributed by atoms with Gasteiger partial charge in [0, 0.05) is 11.9 Å². The van der Waals surface area contributed by atoms with Gasteiger partial charge < -0.3 is 5.73 Å². The van der Waals surface area contributed by atoms with Gasteiger partial charge in [-0.1, -0.05) is 19.8 Å². The van der Waals surface area contributed by atoms with Crippen LogP contribution in [0.5, 0.6) is 0 Å². The third-order valence-corrected chi connectivity index (χ3v) is 3.06. The van der Waals surface area contributed by atoms with Gasteiger partial charge in [-0.25, -0.2) is 0 Å². The summed E-state index contributed by atoms with van der Waals surface area (Å²) in [7, 11) is 0. The molecule has 0 radical (unpaired) electrons. The molecule has 0 amide bonds. The van der Waals surface area contributed by atoms with E-state index in [0.717, 1.165) is 18.0 Å². The molecule has 0 spiro atoms. The highest BCUT2D eigenvalue weighted by molar-refractivity contribution is 7.99. The summed E-state index contributed by atoms with van der Waals surface area (Å²) in [5.74, 6) is 2.40. The highest BCUT2D eigenvalue weighted by Crippen LogP contribution is 2.07. The minimum atomic E-state index is 0.751. The van der Waals surface area contributed by atoms with Crippen molar-refractivity contribution < 1.29 is 0 Å². The molecule has 0 saturated heterocycles.